The van der Waals surface area contributed by atoms with E-state index in [1.807, 2.05) is 0 Å². The number of halogens is 2. The number of amides is 1. The van der Waals surface area contributed by atoms with Crippen LogP contribution in [0.3, 0.4) is 0 Å². The molecule has 2 heterocycles. The van der Waals surface area contributed by atoms with Crippen LogP contribution in [0, 0.1) is 0 Å². The van der Waals surface area contributed by atoms with E-state index in [1.165, 1.54) is 0 Å². The van der Waals surface area contributed by atoms with Crippen LogP contribution < -0.4 is 10.6 Å². The Bertz CT molecular complexity index is 1210. The molecule has 0 atom stereocenters. The van der Waals surface area contributed by atoms with Gasteiger partial charge in [0, 0.05) is 16.9 Å². The molecule has 0 fully saturated rings. The molecule has 150 valence electrons. The van der Waals surface area contributed by atoms with Crippen molar-refractivity contribution in [1.29, 1.82) is 0 Å². The molecule has 0 saturated heterocycles. The smallest absolute Gasteiger partial charge is 0.230 e. The van der Waals surface area contributed by atoms with Crippen molar-refractivity contribution >= 4 is 63.4 Å². The van der Waals surface area contributed by atoms with Gasteiger partial charge < -0.3 is 15.1 Å². The third kappa shape index (κ3) is 4.76. The molecule has 0 bridgehead atoms. The first-order valence-corrected chi connectivity index (χ1v) is 10.0. The van der Waals surface area contributed by atoms with E-state index in [2.05, 4.69) is 20.6 Å². The van der Waals surface area contributed by atoms with E-state index in [-0.39, 0.29) is 17.4 Å². The molecule has 2 aromatic heterocycles. The van der Waals surface area contributed by atoms with Crippen molar-refractivity contribution in [3.8, 4) is 11.5 Å². The van der Waals surface area contributed by atoms with Crippen LogP contribution in [0.4, 0.5) is 5.69 Å². The fraction of sp³-hybridized carbons (Fsp3) is 0.0476. The summed E-state index contributed by atoms with van der Waals surface area (Å²) in [5, 5.41) is 6.87. The van der Waals surface area contributed by atoms with E-state index in [0.717, 1.165) is 5.56 Å². The highest BCUT2D eigenvalue weighted by Gasteiger charge is 2.14. The minimum absolute atomic E-state index is 0.168. The van der Waals surface area contributed by atoms with Crippen LogP contribution in [-0.2, 0) is 11.2 Å². The topological polar surface area (TPSA) is 80.0 Å². The van der Waals surface area contributed by atoms with Crippen LogP contribution in [0.25, 0.3) is 22.7 Å². The molecule has 0 radical (unpaired) electrons. The highest BCUT2D eigenvalue weighted by Crippen LogP contribution is 2.31. The second-order valence-electron chi connectivity index (χ2n) is 6.34. The lowest BCUT2D eigenvalue weighted by atomic mass is 10.1. The number of nitrogens with zero attached hydrogens (tertiary/aromatic N) is 2. The summed E-state index contributed by atoms with van der Waals surface area (Å²) in [4.78, 5) is 20.7. The van der Waals surface area contributed by atoms with E-state index in [4.69, 9.17) is 39.8 Å². The summed E-state index contributed by atoms with van der Waals surface area (Å²) in [5.74, 6) is 0.101. The van der Waals surface area contributed by atoms with Crippen LogP contribution in [0.2, 0.25) is 10.0 Å². The second kappa shape index (κ2) is 8.79. The first-order valence-electron chi connectivity index (χ1n) is 8.85. The monoisotopic (exact) mass is 456 g/mol. The summed E-state index contributed by atoms with van der Waals surface area (Å²) >= 11 is 17.4. The summed E-state index contributed by atoms with van der Waals surface area (Å²) in [7, 11) is 0. The molecule has 30 heavy (non-hydrogen) atoms. The van der Waals surface area contributed by atoms with Gasteiger partial charge >= 0.3 is 0 Å². The van der Waals surface area contributed by atoms with Crippen molar-refractivity contribution in [2.75, 3.05) is 5.32 Å². The predicted octanol–water partition coefficient (Wildman–Crippen LogP) is 5.25. The maximum atomic E-state index is 12.2. The molecule has 4 aromatic rings. The van der Waals surface area contributed by atoms with Crippen molar-refractivity contribution in [1.82, 2.24) is 15.3 Å². The number of pyridine rings is 1. The van der Waals surface area contributed by atoms with Crippen LogP contribution in [0.1, 0.15) is 5.56 Å². The van der Waals surface area contributed by atoms with Gasteiger partial charge in [-0.3, -0.25) is 4.79 Å². The SMILES string of the molecule is O=C(Cc1ccc(Cl)cc1)NC(=S)Nc1ccc(Cl)c(-c2nc3ncccc3o2)c1. The molecule has 4 rings (SSSR count). The van der Waals surface area contributed by atoms with Gasteiger partial charge in [-0.25, -0.2) is 4.98 Å². The Balaban J connectivity index is 1.45. The maximum Gasteiger partial charge on any atom is 0.230 e. The molecular weight excluding hydrogens is 443 g/mol. The van der Waals surface area contributed by atoms with Crippen LogP contribution >= 0.6 is 35.4 Å². The lowest BCUT2D eigenvalue weighted by Crippen LogP contribution is -2.35. The zero-order valence-corrected chi connectivity index (χ0v) is 17.7. The minimum atomic E-state index is -0.242. The van der Waals surface area contributed by atoms with E-state index in [9.17, 15) is 4.79 Å². The van der Waals surface area contributed by atoms with Gasteiger partial charge in [-0.05, 0) is 60.2 Å². The standard InChI is InChI=1S/C21H14Cl2N4O2S/c22-13-5-3-12(4-6-13)10-18(28)26-21(30)25-14-7-8-16(23)15(11-14)20-27-19-17(29-20)2-1-9-24-19/h1-9,11H,10H2,(H2,25,26,28,30). The number of hydrogen-bond acceptors (Lipinski definition) is 5. The molecule has 0 unspecified atom stereocenters. The van der Waals surface area contributed by atoms with Gasteiger partial charge in [-0.15, -0.1) is 0 Å². The number of carbonyl (C=O) groups is 1. The van der Waals surface area contributed by atoms with Crippen LogP contribution in [-0.4, -0.2) is 21.0 Å². The van der Waals surface area contributed by atoms with Crippen molar-refractivity contribution < 1.29 is 9.21 Å². The molecule has 0 saturated carbocycles. The van der Waals surface area contributed by atoms with E-state index >= 15 is 0 Å². The summed E-state index contributed by atoms with van der Waals surface area (Å²) < 4.78 is 5.74. The van der Waals surface area contributed by atoms with Crippen molar-refractivity contribution in [3.63, 3.8) is 0 Å². The quantitative estimate of drug-likeness (QED) is 0.408. The largest absolute Gasteiger partial charge is 0.434 e. The molecule has 6 nitrogen and oxygen atoms in total. The number of thiocarbonyl (C=S) groups is 1. The Morgan fingerprint density at radius 1 is 1.10 bits per heavy atom. The fourth-order valence-corrected chi connectivity index (χ4v) is 3.33. The number of fused-ring (bicyclic) bond motifs is 1. The Morgan fingerprint density at radius 2 is 1.90 bits per heavy atom. The molecule has 0 aliphatic carbocycles. The average Bonchev–Trinajstić information content (AvgIpc) is 3.15. The van der Waals surface area contributed by atoms with Gasteiger partial charge in [0.25, 0.3) is 0 Å². The number of rotatable bonds is 4. The Labute approximate surface area is 187 Å². The Hall–Kier alpha value is -3.00. The van der Waals surface area contributed by atoms with E-state index < -0.39 is 0 Å². The van der Waals surface area contributed by atoms with Gasteiger partial charge in [0.1, 0.15) is 0 Å². The summed E-state index contributed by atoms with van der Waals surface area (Å²) in [6, 6.07) is 15.8. The molecule has 1 amide bonds. The van der Waals surface area contributed by atoms with Gasteiger partial charge in [-0.1, -0.05) is 35.3 Å². The minimum Gasteiger partial charge on any atom is -0.434 e. The third-order valence-corrected chi connectivity index (χ3v) is 4.94. The van der Waals surface area contributed by atoms with Crippen molar-refractivity contribution in [2.24, 2.45) is 0 Å². The zero-order valence-electron chi connectivity index (χ0n) is 15.4. The van der Waals surface area contributed by atoms with Crippen molar-refractivity contribution in [3.05, 3.63) is 76.4 Å². The van der Waals surface area contributed by atoms with Crippen LogP contribution in [0.5, 0.6) is 0 Å². The zero-order chi connectivity index (χ0) is 21.1. The Morgan fingerprint density at radius 3 is 2.67 bits per heavy atom. The molecule has 2 aromatic carbocycles. The highest BCUT2D eigenvalue weighted by molar-refractivity contribution is 7.80. The number of oxazole rings is 1. The second-order valence-corrected chi connectivity index (χ2v) is 7.60. The lowest BCUT2D eigenvalue weighted by molar-refractivity contribution is -0.119. The summed E-state index contributed by atoms with van der Waals surface area (Å²) in [5.41, 5.74) is 3.09. The van der Waals surface area contributed by atoms with Gasteiger partial charge in [0.15, 0.2) is 16.3 Å². The summed E-state index contributed by atoms with van der Waals surface area (Å²) in [6.07, 6.45) is 1.82. The highest BCUT2D eigenvalue weighted by atomic mass is 35.5. The van der Waals surface area contributed by atoms with Crippen molar-refractivity contribution in [2.45, 2.75) is 6.42 Å². The number of carbonyl (C=O) groups excluding carboxylic acids is 1. The predicted molar refractivity (Wildman–Crippen MR) is 122 cm³/mol. The number of anilines is 1. The van der Waals surface area contributed by atoms with Gasteiger partial charge in [0.05, 0.1) is 17.0 Å². The molecule has 0 spiro atoms. The first-order chi connectivity index (χ1) is 14.5. The fourth-order valence-electron chi connectivity index (χ4n) is 2.77. The molecule has 9 heteroatoms. The lowest BCUT2D eigenvalue weighted by Gasteiger charge is -2.11. The van der Waals surface area contributed by atoms with E-state index in [0.29, 0.717) is 38.4 Å². The molecule has 2 N–H and O–H groups in total. The molecular formula is C21H14Cl2N4O2S. The number of benzene rings is 2. The summed E-state index contributed by atoms with van der Waals surface area (Å²) in [6.45, 7) is 0. The number of hydrogen-bond donors (Lipinski definition) is 2. The molecule has 0 aliphatic heterocycles. The van der Waals surface area contributed by atoms with Crippen LogP contribution in [0.15, 0.2) is 65.2 Å². The maximum absolute atomic E-state index is 12.2. The molecule has 0 aliphatic rings. The third-order valence-electron chi connectivity index (χ3n) is 4.15. The van der Waals surface area contributed by atoms with Gasteiger partial charge in [-0.2, -0.15) is 4.98 Å². The number of nitrogens with one attached hydrogen (secondary N) is 2. The van der Waals surface area contributed by atoms with E-state index in [1.54, 1.807) is 60.8 Å². The number of aromatic nitrogens is 2. The Kier molecular flexibility index (Phi) is 5.94. The van der Waals surface area contributed by atoms with Gasteiger partial charge in [0.2, 0.25) is 11.8 Å². The average molecular weight is 457 g/mol. The normalized spacial score (nSPS) is 10.7. The first kappa shape index (κ1) is 20.3.